The molecular formula is C9H6ClN3S. The Balaban J connectivity index is 2.30. The normalized spacial score (nSPS) is 10.0. The zero-order valence-corrected chi connectivity index (χ0v) is 8.69. The van der Waals surface area contributed by atoms with E-state index in [1.165, 1.54) is 11.3 Å². The molecule has 0 fully saturated rings. The van der Waals surface area contributed by atoms with Gasteiger partial charge >= 0.3 is 0 Å². The minimum absolute atomic E-state index is 0.305. The quantitative estimate of drug-likeness (QED) is 0.851. The molecule has 2 aromatic heterocycles. The van der Waals surface area contributed by atoms with Crippen LogP contribution in [-0.2, 0) is 6.42 Å². The highest BCUT2D eigenvalue weighted by Gasteiger charge is 2.05. The summed E-state index contributed by atoms with van der Waals surface area (Å²) >= 11 is 7.29. The van der Waals surface area contributed by atoms with Gasteiger partial charge in [-0.1, -0.05) is 11.6 Å². The fourth-order valence-electron chi connectivity index (χ4n) is 1.11. The summed E-state index contributed by atoms with van der Waals surface area (Å²) in [6.45, 7) is 0. The molecule has 0 bridgehead atoms. The second-order valence-electron chi connectivity index (χ2n) is 2.68. The number of imidazole rings is 1. The lowest BCUT2D eigenvalue weighted by Crippen LogP contribution is -1.82. The molecule has 0 atom stereocenters. The first-order valence-electron chi connectivity index (χ1n) is 3.96. The van der Waals surface area contributed by atoms with E-state index in [-0.39, 0.29) is 0 Å². The molecule has 0 amide bonds. The maximum absolute atomic E-state index is 8.48. The van der Waals surface area contributed by atoms with Gasteiger partial charge in [-0.2, -0.15) is 5.26 Å². The second kappa shape index (κ2) is 3.82. The van der Waals surface area contributed by atoms with Gasteiger partial charge in [0.25, 0.3) is 0 Å². The van der Waals surface area contributed by atoms with E-state index in [9.17, 15) is 0 Å². The van der Waals surface area contributed by atoms with Crippen molar-refractivity contribution in [2.24, 2.45) is 0 Å². The van der Waals surface area contributed by atoms with Crippen molar-refractivity contribution in [1.29, 1.82) is 5.26 Å². The third-order valence-electron chi connectivity index (χ3n) is 1.71. The number of hydrogen-bond acceptors (Lipinski definition) is 3. The highest BCUT2D eigenvalue weighted by Crippen LogP contribution is 2.29. The molecule has 0 saturated heterocycles. The topological polar surface area (TPSA) is 52.5 Å². The van der Waals surface area contributed by atoms with Crippen molar-refractivity contribution in [3.8, 4) is 16.6 Å². The molecular weight excluding hydrogens is 218 g/mol. The first kappa shape index (κ1) is 9.25. The van der Waals surface area contributed by atoms with Crippen molar-refractivity contribution in [2.75, 3.05) is 0 Å². The van der Waals surface area contributed by atoms with Crippen LogP contribution in [0, 0.1) is 11.3 Å². The van der Waals surface area contributed by atoms with Crippen molar-refractivity contribution in [3.63, 3.8) is 0 Å². The maximum atomic E-state index is 8.48. The summed E-state index contributed by atoms with van der Waals surface area (Å²) < 4.78 is 0.747. The minimum atomic E-state index is 0.305. The fourth-order valence-corrected chi connectivity index (χ4v) is 2.12. The van der Waals surface area contributed by atoms with Crippen molar-refractivity contribution >= 4 is 22.9 Å². The average molecular weight is 224 g/mol. The van der Waals surface area contributed by atoms with E-state index in [0.29, 0.717) is 12.2 Å². The number of aromatic amines is 1. The summed E-state index contributed by atoms with van der Waals surface area (Å²) in [6, 6.07) is 5.80. The molecule has 0 saturated carbocycles. The van der Waals surface area contributed by atoms with E-state index in [4.69, 9.17) is 16.9 Å². The lowest BCUT2D eigenvalue weighted by atomic mass is 10.4. The van der Waals surface area contributed by atoms with Gasteiger partial charge in [0.1, 0.15) is 5.82 Å². The number of nitriles is 1. The summed E-state index contributed by atoms with van der Waals surface area (Å²) in [4.78, 5) is 8.17. The van der Waals surface area contributed by atoms with Crippen LogP contribution >= 0.6 is 22.9 Å². The number of rotatable bonds is 2. The van der Waals surface area contributed by atoms with E-state index in [1.807, 2.05) is 18.2 Å². The van der Waals surface area contributed by atoms with Crippen LogP contribution in [0.2, 0.25) is 4.34 Å². The van der Waals surface area contributed by atoms with Crippen molar-refractivity contribution < 1.29 is 0 Å². The Labute approximate surface area is 90.0 Å². The number of halogens is 1. The number of H-pyrrole nitrogens is 1. The molecule has 3 nitrogen and oxygen atoms in total. The standard InChI is InChI=1S/C9H6ClN3S/c10-8-2-1-7(14-8)6-5-12-9(13-6)3-4-11/h1-2,5H,3H2,(H,12,13). The fraction of sp³-hybridized carbons (Fsp3) is 0.111. The number of hydrogen-bond donors (Lipinski definition) is 1. The van der Waals surface area contributed by atoms with E-state index >= 15 is 0 Å². The third-order valence-corrected chi connectivity index (χ3v) is 2.98. The highest BCUT2D eigenvalue weighted by molar-refractivity contribution is 7.19. The first-order valence-corrected chi connectivity index (χ1v) is 5.15. The molecule has 2 aromatic rings. The van der Waals surface area contributed by atoms with Gasteiger partial charge in [0.2, 0.25) is 0 Å². The molecule has 0 aliphatic heterocycles. The Hall–Kier alpha value is -1.31. The molecule has 0 aromatic carbocycles. The molecule has 2 rings (SSSR count). The van der Waals surface area contributed by atoms with Crippen LogP contribution in [0.3, 0.4) is 0 Å². The predicted molar refractivity (Wildman–Crippen MR) is 56.2 cm³/mol. The van der Waals surface area contributed by atoms with Crippen LogP contribution in [0.15, 0.2) is 18.3 Å². The van der Waals surface area contributed by atoms with Crippen LogP contribution in [0.4, 0.5) is 0 Å². The monoisotopic (exact) mass is 223 g/mol. The Morgan fingerprint density at radius 2 is 2.43 bits per heavy atom. The minimum Gasteiger partial charge on any atom is -0.340 e. The van der Waals surface area contributed by atoms with Gasteiger partial charge in [0, 0.05) is 0 Å². The largest absolute Gasteiger partial charge is 0.340 e. The third kappa shape index (κ3) is 1.79. The summed E-state index contributed by atoms with van der Waals surface area (Å²) in [7, 11) is 0. The molecule has 0 unspecified atom stereocenters. The SMILES string of the molecule is N#CCc1ncc(-c2ccc(Cl)s2)[nH]1. The van der Waals surface area contributed by atoms with Crippen LogP contribution < -0.4 is 0 Å². The van der Waals surface area contributed by atoms with Gasteiger partial charge in [-0.15, -0.1) is 11.3 Å². The first-order chi connectivity index (χ1) is 6.79. The summed E-state index contributed by atoms with van der Waals surface area (Å²) in [5.41, 5.74) is 0.909. The Kier molecular flexibility index (Phi) is 2.53. The smallest absolute Gasteiger partial charge is 0.120 e. The van der Waals surface area contributed by atoms with E-state index < -0.39 is 0 Å². The van der Waals surface area contributed by atoms with Crippen LogP contribution in [-0.4, -0.2) is 9.97 Å². The van der Waals surface area contributed by atoms with Gasteiger partial charge in [0.15, 0.2) is 0 Å². The predicted octanol–water partition coefficient (Wildman–Crippen LogP) is 2.86. The van der Waals surface area contributed by atoms with Gasteiger partial charge in [-0.05, 0) is 12.1 Å². The average Bonchev–Trinajstić information content (AvgIpc) is 2.74. The zero-order chi connectivity index (χ0) is 9.97. The van der Waals surface area contributed by atoms with Crippen molar-refractivity contribution in [1.82, 2.24) is 9.97 Å². The van der Waals surface area contributed by atoms with E-state index in [1.54, 1.807) is 6.20 Å². The number of thiophene rings is 1. The Morgan fingerprint density at radius 1 is 1.57 bits per heavy atom. The van der Waals surface area contributed by atoms with Crippen LogP contribution in [0.5, 0.6) is 0 Å². The second-order valence-corrected chi connectivity index (χ2v) is 4.40. The lowest BCUT2D eigenvalue weighted by molar-refractivity contribution is 1.07. The van der Waals surface area contributed by atoms with Gasteiger partial charge in [-0.25, -0.2) is 4.98 Å². The Bertz CT molecular complexity index is 480. The van der Waals surface area contributed by atoms with Crippen molar-refractivity contribution in [3.05, 3.63) is 28.5 Å². The molecule has 70 valence electrons. The Morgan fingerprint density at radius 3 is 3.07 bits per heavy atom. The molecule has 0 radical (unpaired) electrons. The van der Waals surface area contributed by atoms with Crippen LogP contribution in [0.25, 0.3) is 10.6 Å². The number of nitrogens with one attached hydrogen (secondary N) is 1. The molecule has 1 N–H and O–H groups in total. The highest BCUT2D eigenvalue weighted by atomic mass is 35.5. The van der Waals surface area contributed by atoms with Gasteiger partial charge in [-0.3, -0.25) is 0 Å². The summed E-state index contributed by atoms with van der Waals surface area (Å²) in [5.74, 6) is 0.687. The molecule has 14 heavy (non-hydrogen) atoms. The maximum Gasteiger partial charge on any atom is 0.120 e. The number of aromatic nitrogens is 2. The molecule has 0 aliphatic rings. The molecule has 0 aliphatic carbocycles. The number of nitrogens with zero attached hydrogens (tertiary/aromatic N) is 2. The van der Waals surface area contributed by atoms with Gasteiger partial charge in [0.05, 0.1) is 33.6 Å². The van der Waals surface area contributed by atoms with Crippen LogP contribution in [0.1, 0.15) is 5.82 Å². The van der Waals surface area contributed by atoms with Gasteiger partial charge < -0.3 is 4.98 Å². The molecule has 2 heterocycles. The van der Waals surface area contributed by atoms with E-state index in [0.717, 1.165) is 14.9 Å². The lowest BCUT2D eigenvalue weighted by Gasteiger charge is -1.88. The molecule has 5 heteroatoms. The zero-order valence-electron chi connectivity index (χ0n) is 7.12. The summed E-state index contributed by atoms with van der Waals surface area (Å²) in [5, 5.41) is 8.48. The van der Waals surface area contributed by atoms with Crippen molar-refractivity contribution in [2.45, 2.75) is 6.42 Å². The van der Waals surface area contributed by atoms with E-state index in [2.05, 4.69) is 9.97 Å². The molecule has 0 spiro atoms. The summed E-state index contributed by atoms with van der Waals surface area (Å²) in [6.07, 6.45) is 2.02.